The maximum Gasteiger partial charge on any atom is 0.433 e. The number of alkyl halides is 6. The van der Waals surface area contributed by atoms with Gasteiger partial charge in [-0.3, -0.25) is 0 Å². The van der Waals surface area contributed by atoms with Crippen molar-refractivity contribution in [2.24, 2.45) is 10.8 Å². The van der Waals surface area contributed by atoms with Crippen LogP contribution in [0.4, 0.5) is 30.7 Å². The molecular weight excluding hydrogens is 411 g/mol. The highest BCUT2D eigenvalue weighted by atomic mass is 19.4. The SMILES string of the molecule is CC1(CC(C)(C)c2cccc(C(F)(F)F)n2)C=C(C(F)(F)F)C(C(C)(C)C)=C(F)C1. The molecule has 30 heavy (non-hydrogen) atoms. The molecule has 0 saturated carbocycles. The molecule has 168 valence electrons. The van der Waals surface area contributed by atoms with Crippen LogP contribution in [0.25, 0.3) is 0 Å². The van der Waals surface area contributed by atoms with Crippen LogP contribution in [-0.2, 0) is 11.6 Å². The van der Waals surface area contributed by atoms with E-state index in [9.17, 15) is 30.7 Å². The Kier molecular flexibility index (Phi) is 6.00. The molecule has 1 nitrogen and oxygen atoms in total. The molecule has 0 saturated heterocycles. The Morgan fingerprint density at radius 1 is 0.900 bits per heavy atom. The van der Waals surface area contributed by atoms with Gasteiger partial charge in [0.1, 0.15) is 11.5 Å². The van der Waals surface area contributed by atoms with Crippen LogP contribution in [0.15, 0.2) is 41.2 Å². The van der Waals surface area contributed by atoms with Crippen molar-refractivity contribution in [1.82, 2.24) is 4.98 Å². The second kappa shape index (κ2) is 7.38. The second-order valence-corrected chi connectivity index (χ2v) is 9.88. The zero-order chi connectivity index (χ0) is 23.3. The van der Waals surface area contributed by atoms with Gasteiger partial charge >= 0.3 is 12.4 Å². The molecule has 8 heteroatoms. The van der Waals surface area contributed by atoms with E-state index in [2.05, 4.69) is 4.98 Å². The monoisotopic (exact) mass is 437 g/mol. The van der Waals surface area contributed by atoms with E-state index >= 15 is 0 Å². The lowest BCUT2D eigenvalue weighted by Gasteiger charge is -2.41. The molecule has 0 aliphatic heterocycles. The number of hydrogen-bond donors (Lipinski definition) is 0. The Labute approximate surface area is 172 Å². The van der Waals surface area contributed by atoms with Crippen LogP contribution in [0.3, 0.4) is 0 Å². The summed E-state index contributed by atoms with van der Waals surface area (Å²) in [4.78, 5) is 3.68. The van der Waals surface area contributed by atoms with Crippen LogP contribution in [0.2, 0.25) is 0 Å². The highest BCUT2D eigenvalue weighted by Crippen LogP contribution is 2.53. The minimum atomic E-state index is -4.75. The first kappa shape index (κ1) is 24.4. The number of hydrogen-bond acceptors (Lipinski definition) is 1. The van der Waals surface area contributed by atoms with Crippen LogP contribution >= 0.6 is 0 Å². The number of pyridine rings is 1. The predicted octanol–water partition coefficient (Wildman–Crippen LogP) is 7.94. The molecule has 0 radical (unpaired) electrons. The highest BCUT2D eigenvalue weighted by molar-refractivity contribution is 5.45. The second-order valence-electron chi connectivity index (χ2n) is 9.88. The van der Waals surface area contributed by atoms with E-state index in [0.29, 0.717) is 0 Å². The van der Waals surface area contributed by atoms with Crippen LogP contribution < -0.4 is 0 Å². The largest absolute Gasteiger partial charge is 0.433 e. The quantitative estimate of drug-likeness (QED) is 0.438. The average molecular weight is 437 g/mol. The molecule has 0 fully saturated rings. The van der Waals surface area contributed by atoms with Gasteiger partial charge in [-0.1, -0.05) is 53.7 Å². The first-order chi connectivity index (χ1) is 13.3. The fraction of sp³-hybridized carbons (Fsp3) is 0.591. The molecule has 0 bridgehead atoms. The average Bonchev–Trinajstić information content (AvgIpc) is 2.50. The molecule has 1 unspecified atom stereocenters. The van der Waals surface area contributed by atoms with Gasteiger partial charge in [-0.05, 0) is 29.4 Å². The maximum atomic E-state index is 15.0. The first-order valence-corrected chi connectivity index (χ1v) is 9.51. The smallest absolute Gasteiger partial charge is 0.248 e. The van der Waals surface area contributed by atoms with Crippen LogP contribution in [-0.4, -0.2) is 11.2 Å². The first-order valence-electron chi connectivity index (χ1n) is 9.51. The minimum Gasteiger partial charge on any atom is -0.248 e. The van der Waals surface area contributed by atoms with Crippen molar-refractivity contribution in [1.29, 1.82) is 0 Å². The van der Waals surface area contributed by atoms with E-state index in [0.717, 1.165) is 12.1 Å². The van der Waals surface area contributed by atoms with Crippen molar-refractivity contribution in [2.75, 3.05) is 0 Å². The molecule has 1 aromatic heterocycles. The third-order valence-corrected chi connectivity index (χ3v) is 5.23. The van der Waals surface area contributed by atoms with Gasteiger partial charge in [0.25, 0.3) is 0 Å². The van der Waals surface area contributed by atoms with Crippen LogP contribution in [0.5, 0.6) is 0 Å². The summed E-state index contributed by atoms with van der Waals surface area (Å²) >= 11 is 0. The highest BCUT2D eigenvalue weighted by Gasteiger charge is 2.47. The van der Waals surface area contributed by atoms with Gasteiger partial charge in [0.15, 0.2) is 0 Å². The molecule has 1 aliphatic carbocycles. The lowest BCUT2D eigenvalue weighted by molar-refractivity contribution is -0.141. The zero-order valence-corrected chi connectivity index (χ0v) is 17.8. The molecule has 1 aromatic rings. The minimum absolute atomic E-state index is 0.0151. The molecule has 0 aromatic carbocycles. The van der Waals surface area contributed by atoms with Crippen LogP contribution in [0, 0.1) is 10.8 Å². The molecule has 2 rings (SSSR count). The summed E-state index contributed by atoms with van der Waals surface area (Å²) in [6.07, 6.45) is -8.63. The van der Waals surface area contributed by atoms with Gasteiger partial charge < -0.3 is 0 Å². The van der Waals surface area contributed by atoms with Gasteiger partial charge in [-0.2, -0.15) is 26.3 Å². The number of halogens is 7. The van der Waals surface area contributed by atoms with Gasteiger partial charge in [-0.15, -0.1) is 0 Å². The van der Waals surface area contributed by atoms with Crippen molar-refractivity contribution < 1.29 is 30.7 Å². The Morgan fingerprint density at radius 3 is 1.90 bits per heavy atom. The van der Waals surface area contributed by atoms with Crippen molar-refractivity contribution in [3.05, 3.63) is 52.6 Å². The van der Waals surface area contributed by atoms with E-state index in [1.807, 2.05) is 0 Å². The van der Waals surface area contributed by atoms with Gasteiger partial charge in [0.2, 0.25) is 0 Å². The predicted molar refractivity (Wildman–Crippen MR) is 101 cm³/mol. The Bertz CT molecular complexity index is 867. The summed E-state index contributed by atoms with van der Waals surface area (Å²) in [5, 5.41) is 0. The topological polar surface area (TPSA) is 12.9 Å². The van der Waals surface area contributed by atoms with Crippen molar-refractivity contribution >= 4 is 0 Å². The number of allylic oxidation sites excluding steroid dienone is 4. The molecule has 0 amide bonds. The molecule has 1 atom stereocenters. The number of rotatable bonds is 3. The summed E-state index contributed by atoms with van der Waals surface area (Å²) in [6, 6.07) is 3.45. The maximum absolute atomic E-state index is 15.0. The third kappa shape index (κ3) is 5.24. The van der Waals surface area contributed by atoms with E-state index in [1.54, 1.807) is 13.8 Å². The summed E-state index contributed by atoms with van der Waals surface area (Å²) in [6.45, 7) is 9.24. The summed E-state index contributed by atoms with van der Waals surface area (Å²) in [5.41, 5.74) is -5.70. The van der Waals surface area contributed by atoms with Gasteiger partial charge in [0, 0.05) is 23.1 Å². The summed E-state index contributed by atoms with van der Waals surface area (Å²) in [7, 11) is 0. The Hall–Kier alpha value is -1.86. The van der Waals surface area contributed by atoms with E-state index in [4.69, 9.17) is 0 Å². The van der Waals surface area contributed by atoms with Crippen molar-refractivity contribution in [3.63, 3.8) is 0 Å². The molecule has 0 N–H and O–H groups in total. The summed E-state index contributed by atoms with van der Waals surface area (Å²) in [5.74, 6) is -0.840. The summed E-state index contributed by atoms with van der Waals surface area (Å²) < 4.78 is 95.4. The molecular formula is C22H26F7N. The lowest BCUT2D eigenvalue weighted by Crippen LogP contribution is -2.34. The standard InChI is InChI=1S/C22H26F7N/c1-18(2,3)17-13(21(24,25)26)10-20(6,11-14(17)23)12-19(4,5)15-8-7-9-16(30-15)22(27,28)29/h7-10H,11-12H2,1-6H3. The third-order valence-electron chi connectivity index (χ3n) is 5.23. The zero-order valence-electron chi connectivity index (χ0n) is 17.8. The van der Waals surface area contributed by atoms with Gasteiger partial charge in [0.05, 0.1) is 5.57 Å². The molecule has 0 spiro atoms. The van der Waals surface area contributed by atoms with E-state index < -0.39 is 45.7 Å². The van der Waals surface area contributed by atoms with Crippen molar-refractivity contribution in [3.8, 4) is 0 Å². The normalized spacial score (nSPS) is 21.7. The molecule has 1 heterocycles. The van der Waals surface area contributed by atoms with Crippen molar-refractivity contribution in [2.45, 2.75) is 72.2 Å². The van der Waals surface area contributed by atoms with E-state index in [-0.39, 0.29) is 24.1 Å². The number of aromatic nitrogens is 1. The Balaban J connectivity index is 2.49. The number of nitrogens with zero attached hydrogens (tertiary/aromatic N) is 1. The fourth-order valence-corrected chi connectivity index (χ4v) is 4.28. The van der Waals surface area contributed by atoms with Crippen LogP contribution in [0.1, 0.15) is 65.8 Å². The lowest BCUT2D eigenvalue weighted by atomic mass is 9.65. The van der Waals surface area contributed by atoms with Gasteiger partial charge in [-0.25, -0.2) is 9.37 Å². The Morgan fingerprint density at radius 2 is 1.43 bits per heavy atom. The van der Waals surface area contributed by atoms with E-state index in [1.165, 1.54) is 39.8 Å². The molecule has 1 aliphatic rings. The fourth-order valence-electron chi connectivity index (χ4n) is 4.28.